The van der Waals surface area contributed by atoms with Gasteiger partial charge < -0.3 is 4.42 Å². The van der Waals surface area contributed by atoms with Gasteiger partial charge in [0.05, 0.1) is 29.1 Å². The van der Waals surface area contributed by atoms with Crippen LogP contribution in [0.25, 0.3) is 11.4 Å². The highest BCUT2D eigenvalue weighted by Crippen LogP contribution is 2.32. The molecule has 0 aliphatic heterocycles. The topological polar surface area (TPSA) is 67.6 Å². The Morgan fingerprint density at radius 2 is 2.17 bits per heavy atom. The Bertz CT molecular complexity index is 886. The van der Waals surface area contributed by atoms with E-state index in [0.29, 0.717) is 27.6 Å². The van der Waals surface area contributed by atoms with Gasteiger partial charge in [0.1, 0.15) is 5.76 Å². The molecule has 0 saturated carbocycles. The minimum Gasteiger partial charge on any atom is -0.467 e. The maximum Gasteiger partial charge on any atom is 0.193 e. The lowest BCUT2D eigenvalue weighted by molar-refractivity contribution is 0.485. The summed E-state index contributed by atoms with van der Waals surface area (Å²) in [6.07, 6.45) is 1.61. The van der Waals surface area contributed by atoms with E-state index < -0.39 is 0 Å². The SMILES string of the molecule is C[C@H](C#N)Sc1nnc(-c2ccc(Cl)cc2Cl)n1Cc1ccco1. The molecule has 0 saturated heterocycles. The van der Waals surface area contributed by atoms with Crippen molar-refractivity contribution < 1.29 is 4.42 Å². The molecule has 0 bridgehead atoms. The zero-order valence-electron chi connectivity index (χ0n) is 12.6. The van der Waals surface area contributed by atoms with Crippen LogP contribution in [-0.4, -0.2) is 20.0 Å². The van der Waals surface area contributed by atoms with E-state index in [2.05, 4.69) is 16.3 Å². The van der Waals surface area contributed by atoms with E-state index in [1.165, 1.54) is 11.8 Å². The Labute approximate surface area is 153 Å². The summed E-state index contributed by atoms with van der Waals surface area (Å²) < 4.78 is 7.31. The Morgan fingerprint density at radius 3 is 2.83 bits per heavy atom. The number of aromatic nitrogens is 3. The predicted octanol–water partition coefficient (Wildman–Crippen LogP) is 4.90. The summed E-state index contributed by atoms with van der Waals surface area (Å²) in [6, 6.07) is 11.1. The Kier molecular flexibility index (Phi) is 5.14. The van der Waals surface area contributed by atoms with Crippen molar-refractivity contribution >= 4 is 35.0 Å². The van der Waals surface area contributed by atoms with Gasteiger partial charge in [-0.05, 0) is 37.3 Å². The van der Waals surface area contributed by atoms with Gasteiger partial charge in [-0.2, -0.15) is 5.26 Å². The molecular weight excluding hydrogens is 367 g/mol. The van der Waals surface area contributed by atoms with E-state index >= 15 is 0 Å². The van der Waals surface area contributed by atoms with Crippen LogP contribution in [0, 0.1) is 11.3 Å². The molecule has 1 aromatic carbocycles. The van der Waals surface area contributed by atoms with Crippen molar-refractivity contribution in [1.82, 2.24) is 14.8 Å². The number of rotatable bonds is 5. The minimum atomic E-state index is -0.252. The van der Waals surface area contributed by atoms with Gasteiger partial charge in [0.2, 0.25) is 0 Å². The maximum atomic E-state index is 9.06. The van der Waals surface area contributed by atoms with E-state index in [1.807, 2.05) is 23.6 Å². The highest BCUT2D eigenvalue weighted by Gasteiger charge is 2.19. The van der Waals surface area contributed by atoms with Crippen molar-refractivity contribution in [1.29, 1.82) is 5.26 Å². The molecule has 3 rings (SSSR count). The Hall–Kier alpha value is -1.94. The number of hydrogen-bond donors (Lipinski definition) is 0. The van der Waals surface area contributed by atoms with Crippen molar-refractivity contribution in [3.8, 4) is 17.5 Å². The third-order valence-electron chi connectivity index (χ3n) is 3.25. The quantitative estimate of drug-likeness (QED) is 0.590. The number of furan rings is 1. The number of hydrogen-bond acceptors (Lipinski definition) is 5. The molecule has 0 fully saturated rings. The van der Waals surface area contributed by atoms with Crippen LogP contribution in [0.1, 0.15) is 12.7 Å². The lowest BCUT2D eigenvalue weighted by Gasteiger charge is -2.10. The summed E-state index contributed by atoms with van der Waals surface area (Å²) in [5.41, 5.74) is 0.719. The molecule has 8 heteroatoms. The summed E-state index contributed by atoms with van der Waals surface area (Å²) in [7, 11) is 0. The fourth-order valence-electron chi connectivity index (χ4n) is 2.13. The molecule has 1 atom stereocenters. The fraction of sp³-hybridized carbons (Fsp3) is 0.188. The van der Waals surface area contributed by atoms with E-state index in [9.17, 15) is 0 Å². The van der Waals surface area contributed by atoms with Crippen molar-refractivity contribution in [2.24, 2.45) is 0 Å². The Morgan fingerprint density at radius 1 is 1.33 bits per heavy atom. The smallest absolute Gasteiger partial charge is 0.193 e. The highest BCUT2D eigenvalue weighted by molar-refractivity contribution is 8.00. The zero-order valence-corrected chi connectivity index (χ0v) is 14.9. The van der Waals surface area contributed by atoms with Crippen LogP contribution in [0.4, 0.5) is 0 Å². The van der Waals surface area contributed by atoms with Gasteiger partial charge in [0.15, 0.2) is 11.0 Å². The van der Waals surface area contributed by atoms with Crippen LogP contribution in [-0.2, 0) is 6.54 Å². The molecule has 0 N–H and O–H groups in total. The summed E-state index contributed by atoms with van der Waals surface area (Å²) in [5, 5.41) is 18.9. The van der Waals surface area contributed by atoms with Crippen molar-refractivity contribution in [2.45, 2.75) is 23.9 Å². The van der Waals surface area contributed by atoms with Crippen LogP contribution in [0.2, 0.25) is 10.0 Å². The third kappa shape index (κ3) is 3.59. The van der Waals surface area contributed by atoms with Gasteiger partial charge in [0.25, 0.3) is 0 Å². The maximum absolute atomic E-state index is 9.06. The van der Waals surface area contributed by atoms with E-state index in [4.69, 9.17) is 32.9 Å². The van der Waals surface area contributed by atoms with Gasteiger partial charge in [-0.25, -0.2) is 0 Å². The molecule has 5 nitrogen and oxygen atoms in total. The predicted molar refractivity (Wildman–Crippen MR) is 94.2 cm³/mol. The van der Waals surface area contributed by atoms with Gasteiger partial charge in [-0.15, -0.1) is 10.2 Å². The van der Waals surface area contributed by atoms with Crippen LogP contribution < -0.4 is 0 Å². The number of benzene rings is 1. The van der Waals surface area contributed by atoms with Gasteiger partial charge in [0, 0.05) is 10.6 Å². The molecule has 0 radical (unpaired) electrons. The van der Waals surface area contributed by atoms with E-state index in [1.54, 1.807) is 24.5 Å². The number of nitriles is 1. The second-order valence-corrected chi connectivity index (χ2v) is 7.14. The molecule has 0 aliphatic carbocycles. The third-order valence-corrected chi connectivity index (χ3v) is 4.77. The van der Waals surface area contributed by atoms with Gasteiger partial charge >= 0.3 is 0 Å². The summed E-state index contributed by atoms with van der Waals surface area (Å²) in [6.45, 7) is 2.25. The normalized spacial score (nSPS) is 12.1. The van der Waals surface area contributed by atoms with E-state index in [-0.39, 0.29) is 5.25 Å². The monoisotopic (exact) mass is 378 g/mol. The van der Waals surface area contributed by atoms with Crippen molar-refractivity contribution in [3.63, 3.8) is 0 Å². The molecule has 0 aliphatic rings. The summed E-state index contributed by atoms with van der Waals surface area (Å²) in [4.78, 5) is 0. The molecule has 122 valence electrons. The summed E-state index contributed by atoms with van der Waals surface area (Å²) >= 11 is 13.6. The fourth-order valence-corrected chi connectivity index (χ4v) is 3.36. The highest BCUT2D eigenvalue weighted by atomic mass is 35.5. The lowest BCUT2D eigenvalue weighted by atomic mass is 10.2. The first-order valence-electron chi connectivity index (χ1n) is 7.05. The minimum absolute atomic E-state index is 0.252. The second kappa shape index (κ2) is 7.31. The largest absolute Gasteiger partial charge is 0.467 e. The molecule has 24 heavy (non-hydrogen) atoms. The molecule has 2 heterocycles. The van der Waals surface area contributed by atoms with Gasteiger partial charge in [-0.3, -0.25) is 4.57 Å². The molecule has 0 unspecified atom stereocenters. The first-order chi connectivity index (χ1) is 11.6. The standard InChI is InChI=1S/C16H12Cl2N4OS/c1-10(8-19)24-16-21-20-15(13-5-4-11(17)7-14(13)18)22(16)9-12-3-2-6-23-12/h2-7,10H,9H2,1H3/t10-/m1/s1. The Balaban J connectivity index is 2.06. The first-order valence-corrected chi connectivity index (χ1v) is 8.69. The van der Waals surface area contributed by atoms with Crippen LogP contribution >= 0.6 is 35.0 Å². The van der Waals surface area contributed by atoms with Crippen molar-refractivity contribution in [3.05, 3.63) is 52.4 Å². The molecule has 0 spiro atoms. The second-order valence-electron chi connectivity index (χ2n) is 4.99. The van der Waals surface area contributed by atoms with Crippen LogP contribution in [0.15, 0.2) is 46.2 Å². The van der Waals surface area contributed by atoms with E-state index in [0.717, 1.165) is 11.3 Å². The molecule has 2 aromatic heterocycles. The number of thioether (sulfide) groups is 1. The van der Waals surface area contributed by atoms with Gasteiger partial charge in [-0.1, -0.05) is 35.0 Å². The lowest BCUT2D eigenvalue weighted by Crippen LogP contribution is -2.05. The average molecular weight is 379 g/mol. The zero-order chi connectivity index (χ0) is 17.1. The molecule has 0 amide bonds. The number of nitrogens with zero attached hydrogens (tertiary/aromatic N) is 4. The van der Waals surface area contributed by atoms with Crippen molar-refractivity contribution in [2.75, 3.05) is 0 Å². The number of halogens is 2. The molecular formula is C16H12Cl2N4OS. The van der Waals surface area contributed by atoms with Crippen LogP contribution in [0.5, 0.6) is 0 Å². The summed E-state index contributed by atoms with van der Waals surface area (Å²) in [5.74, 6) is 1.35. The van der Waals surface area contributed by atoms with Crippen LogP contribution in [0.3, 0.4) is 0 Å². The first kappa shape index (κ1) is 16.9. The molecule has 3 aromatic rings. The average Bonchev–Trinajstić information content (AvgIpc) is 3.19.